The van der Waals surface area contributed by atoms with E-state index in [2.05, 4.69) is 14.9 Å². The topological polar surface area (TPSA) is 93.6 Å². The van der Waals surface area contributed by atoms with Crippen LogP contribution in [0.1, 0.15) is 10.5 Å². The number of hydrogen-bond donors (Lipinski definition) is 2. The van der Waals surface area contributed by atoms with Crippen molar-refractivity contribution < 1.29 is 19.4 Å². The SMILES string of the molecule is COc1ccc(OC)c(Nc2snnc2C(=O)O)c1. The highest BCUT2D eigenvalue weighted by Gasteiger charge is 2.17. The van der Waals surface area contributed by atoms with E-state index >= 15 is 0 Å². The van der Waals surface area contributed by atoms with Gasteiger partial charge < -0.3 is 19.9 Å². The maximum absolute atomic E-state index is 11.0. The predicted molar refractivity (Wildman–Crippen MR) is 69.7 cm³/mol. The number of aromatic nitrogens is 2. The third kappa shape index (κ3) is 2.74. The third-order valence-electron chi connectivity index (χ3n) is 2.35. The van der Waals surface area contributed by atoms with E-state index in [-0.39, 0.29) is 5.69 Å². The molecule has 0 saturated heterocycles. The van der Waals surface area contributed by atoms with Gasteiger partial charge in [0.25, 0.3) is 0 Å². The molecule has 0 saturated carbocycles. The zero-order valence-corrected chi connectivity index (χ0v) is 11.0. The molecule has 7 nitrogen and oxygen atoms in total. The van der Waals surface area contributed by atoms with Crippen molar-refractivity contribution in [2.75, 3.05) is 19.5 Å². The Hall–Kier alpha value is -2.35. The summed E-state index contributed by atoms with van der Waals surface area (Å²) in [5.74, 6) is 0.0429. The molecular formula is C11H11N3O4S. The van der Waals surface area contributed by atoms with Crippen LogP contribution in [0.15, 0.2) is 18.2 Å². The minimum Gasteiger partial charge on any atom is -0.497 e. The lowest BCUT2D eigenvalue weighted by atomic mass is 10.2. The number of anilines is 2. The quantitative estimate of drug-likeness (QED) is 0.865. The van der Waals surface area contributed by atoms with E-state index in [1.807, 2.05) is 0 Å². The summed E-state index contributed by atoms with van der Waals surface area (Å²) in [6, 6.07) is 5.16. The molecule has 0 atom stereocenters. The highest BCUT2D eigenvalue weighted by atomic mass is 32.1. The van der Waals surface area contributed by atoms with Crippen molar-refractivity contribution in [1.29, 1.82) is 0 Å². The van der Waals surface area contributed by atoms with E-state index in [9.17, 15) is 4.79 Å². The molecule has 0 bridgehead atoms. The van der Waals surface area contributed by atoms with Gasteiger partial charge in [-0.3, -0.25) is 0 Å². The number of nitrogens with zero attached hydrogens (tertiary/aromatic N) is 2. The van der Waals surface area contributed by atoms with Crippen molar-refractivity contribution in [3.05, 3.63) is 23.9 Å². The molecule has 19 heavy (non-hydrogen) atoms. The first-order chi connectivity index (χ1) is 9.15. The van der Waals surface area contributed by atoms with Gasteiger partial charge in [0.2, 0.25) is 5.69 Å². The number of carbonyl (C=O) groups is 1. The molecule has 8 heteroatoms. The van der Waals surface area contributed by atoms with Crippen LogP contribution in [0, 0.1) is 0 Å². The van der Waals surface area contributed by atoms with Crippen LogP contribution in [-0.2, 0) is 0 Å². The minimum absolute atomic E-state index is 0.130. The van der Waals surface area contributed by atoms with E-state index in [1.54, 1.807) is 25.3 Å². The summed E-state index contributed by atoms with van der Waals surface area (Å²) < 4.78 is 13.9. The maximum Gasteiger partial charge on any atom is 0.359 e. The fourth-order valence-electron chi connectivity index (χ4n) is 1.45. The normalized spacial score (nSPS) is 10.0. The van der Waals surface area contributed by atoms with Crippen LogP contribution in [-0.4, -0.2) is 34.9 Å². The van der Waals surface area contributed by atoms with E-state index in [1.165, 1.54) is 7.11 Å². The molecular weight excluding hydrogens is 270 g/mol. The first-order valence-corrected chi connectivity index (χ1v) is 5.97. The molecule has 0 radical (unpaired) electrons. The Morgan fingerprint density at radius 2 is 2.16 bits per heavy atom. The number of rotatable bonds is 5. The molecule has 1 aromatic heterocycles. The molecule has 0 aliphatic heterocycles. The minimum atomic E-state index is -1.14. The number of nitrogens with one attached hydrogen (secondary N) is 1. The van der Waals surface area contributed by atoms with E-state index in [0.717, 1.165) is 11.5 Å². The number of aromatic carboxylic acids is 1. The zero-order valence-electron chi connectivity index (χ0n) is 10.2. The van der Waals surface area contributed by atoms with E-state index < -0.39 is 5.97 Å². The fourth-order valence-corrected chi connectivity index (χ4v) is 2.02. The lowest BCUT2D eigenvalue weighted by molar-refractivity contribution is 0.0691. The van der Waals surface area contributed by atoms with Crippen molar-refractivity contribution in [3.63, 3.8) is 0 Å². The number of hydrogen-bond acceptors (Lipinski definition) is 7. The van der Waals surface area contributed by atoms with Gasteiger partial charge in [-0.2, -0.15) is 0 Å². The lowest BCUT2D eigenvalue weighted by Crippen LogP contribution is -2.02. The standard InChI is InChI=1S/C11H11N3O4S/c1-17-6-3-4-8(18-2)7(5-6)12-10-9(11(15)16)13-14-19-10/h3-5,12H,1-2H3,(H,15,16). The fraction of sp³-hybridized carbons (Fsp3) is 0.182. The van der Waals surface area contributed by atoms with Crippen molar-refractivity contribution in [2.45, 2.75) is 0 Å². The van der Waals surface area contributed by atoms with Crippen LogP contribution in [0.3, 0.4) is 0 Å². The molecule has 100 valence electrons. The summed E-state index contributed by atoms with van der Waals surface area (Å²) in [5, 5.41) is 15.8. The molecule has 0 aliphatic rings. The van der Waals surface area contributed by atoms with Crippen LogP contribution in [0.25, 0.3) is 0 Å². The lowest BCUT2D eigenvalue weighted by Gasteiger charge is -2.11. The summed E-state index contributed by atoms with van der Waals surface area (Å²) >= 11 is 0.956. The number of carboxylic acids is 1. The largest absolute Gasteiger partial charge is 0.497 e. The van der Waals surface area contributed by atoms with Crippen LogP contribution < -0.4 is 14.8 Å². The number of ether oxygens (including phenoxy) is 2. The van der Waals surface area contributed by atoms with Crippen LogP contribution >= 0.6 is 11.5 Å². The molecule has 0 aliphatic carbocycles. The second kappa shape index (κ2) is 5.53. The second-order valence-electron chi connectivity index (χ2n) is 3.45. The molecule has 2 aromatic rings. The highest BCUT2D eigenvalue weighted by molar-refractivity contribution is 7.10. The summed E-state index contributed by atoms with van der Waals surface area (Å²) in [4.78, 5) is 11.0. The van der Waals surface area contributed by atoms with Gasteiger partial charge in [-0.15, -0.1) is 5.10 Å². The van der Waals surface area contributed by atoms with E-state index in [4.69, 9.17) is 14.6 Å². The summed E-state index contributed by atoms with van der Waals surface area (Å²) in [5.41, 5.74) is 0.449. The molecule has 1 heterocycles. The Morgan fingerprint density at radius 3 is 2.79 bits per heavy atom. The van der Waals surface area contributed by atoms with Gasteiger partial charge in [0.1, 0.15) is 16.5 Å². The average Bonchev–Trinajstić information content (AvgIpc) is 2.87. The van der Waals surface area contributed by atoms with Gasteiger partial charge in [-0.05, 0) is 12.1 Å². The molecule has 2 rings (SSSR count). The van der Waals surface area contributed by atoms with Crippen molar-refractivity contribution >= 4 is 28.2 Å². The van der Waals surface area contributed by atoms with Gasteiger partial charge in [-0.25, -0.2) is 4.79 Å². The highest BCUT2D eigenvalue weighted by Crippen LogP contribution is 2.33. The molecule has 0 unspecified atom stereocenters. The number of benzene rings is 1. The Morgan fingerprint density at radius 1 is 1.37 bits per heavy atom. The maximum atomic E-state index is 11.0. The monoisotopic (exact) mass is 281 g/mol. The zero-order chi connectivity index (χ0) is 13.8. The molecule has 0 fully saturated rings. The van der Waals surface area contributed by atoms with Crippen molar-refractivity contribution in [1.82, 2.24) is 9.59 Å². The Kier molecular flexibility index (Phi) is 3.81. The molecule has 0 spiro atoms. The van der Waals surface area contributed by atoms with Crippen LogP contribution in [0.2, 0.25) is 0 Å². The summed E-state index contributed by atoms with van der Waals surface area (Å²) in [6.07, 6.45) is 0. The molecule has 2 N–H and O–H groups in total. The Balaban J connectivity index is 2.36. The summed E-state index contributed by atoms with van der Waals surface area (Å²) in [7, 11) is 3.07. The third-order valence-corrected chi connectivity index (χ3v) is 2.99. The predicted octanol–water partition coefficient (Wildman–Crippen LogP) is 2.00. The Bertz CT molecular complexity index is 599. The van der Waals surface area contributed by atoms with Crippen LogP contribution in [0.4, 0.5) is 10.7 Å². The van der Waals surface area contributed by atoms with Gasteiger partial charge in [0, 0.05) is 17.6 Å². The first kappa shape index (κ1) is 13.1. The van der Waals surface area contributed by atoms with Crippen LogP contribution in [0.5, 0.6) is 11.5 Å². The first-order valence-electron chi connectivity index (χ1n) is 5.20. The molecule has 0 amide bonds. The smallest absolute Gasteiger partial charge is 0.359 e. The van der Waals surface area contributed by atoms with Gasteiger partial charge in [0.15, 0.2) is 0 Å². The average molecular weight is 281 g/mol. The second-order valence-corrected chi connectivity index (χ2v) is 4.20. The van der Waals surface area contributed by atoms with Gasteiger partial charge in [0.05, 0.1) is 19.9 Å². The van der Waals surface area contributed by atoms with Crippen molar-refractivity contribution in [2.24, 2.45) is 0 Å². The van der Waals surface area contributed by atoms with E-state index in [0.29, 0.717) is 22.2 Å². The van der Waals surface area contributed by atoms with Crippen molar-refractivity contribution in [3.8, 4) is 11.5 Å². The van der Waals surface area contributed by atoms with Gasteiger partial charge >= 0.3 is 5.97 Å². The Labute approximate surface area is 113 Å². The number of carboxylic acid groups (broad SMARTS) is 1. The summed E-state index contributed by atoms with van der Waals surface area (Å²) in [6.45, 7) is 0. The van der Waals surface area contributed by atoms with Gasteiger partial charge in [-0.1, -0.05) is 4.49 Å². The number of methoxy groups -OCH3 is 2. The molecule has 1 aromatic carbocycles.